The topological polar surface area (TPSA) is 172 Å². The maximum absolute atomic E-state index is 14.1. The first-order valence-electron chi connectivity index (χ1n) is 22.3. The van der Waals surface area contributed by atoms with Crippen molar-refractivity contribution in [2.75, 3.05) is 77.1 Å². The number of carbonyl (C=O) groups excluding carboxylic acids is 1. The van der Waals surface area contributed by atoms with Gasteiger partial charge in [0, 0.05) is 86.3 Å². The third-order valence-corrected chi connectivity index (χ3v) is 14.7. The predicted molar refractivity (Wildman–Crippen MR) is 250 cm³/mol. The fourth-order valence-corrected chi connectivity index (χ4v) is 10.5. The Morgan fingerprint density at radius 3 is 2.57 bits per heavy atom. The van der Waals surface area contributed by atoms with Crippen molar-refractivity contribution in [1.29, 1.82) is 0 Å². The van der Waals surface area contributed by atoms with Gasteiger partial charge in [0.2, 0.25) is 0 Å². The van der Waals surface area contributed by atoms with Gasteiger partial charge in [-0.1, -0.05) is 43.2 Å². The number of carbonyl (C=O) groups is 1. The lowest BCUT2D eigenvalue weighted by Gasteiger charge is -2.39. The maximum atomic E-state index is 14.1. The molecule has 9 rings (SSSR count). The maximum Gasteiger partial charge on any atom is 0.277 e. The number of anilines is 1. The number of hydrogen-bond acceptors (Lipinski definition) is 12. The van der Waals surface area contributed by atoms with E-state index < -0.39 is 25.7 Å². The van der Waals surface area contributed by atoms with E-state index in [4.69, 9.17) is 25.8 Å². The number of allylic oxidation sites excluding steroid dienone is 1. The largest absolute Gasteiger partial charge is 0.493 e. The van der Waals surface area contributed by atoms with E-state index in [0.29, 0.717) is 36.6 Å². The van der Waals surface area contributed by atoms with Crippen LogP contribution >= 0.6 is 11.6 Å². The van der Waals surface area contributed by atoms with E-state index in [0.717, 1.165) is 100 Å². The number of benzene rings is 3. The second-order valence-corrected chi connectivity index (χ2v) is 20.4. The molecule has 5 aromatic rings. The quantitative estimate of drug-likeness (QED) is 0.0860. The van der Waals surface area contributed by atoms with Gasteiger partial charge in [0.25, 0.3) is 21.6 Å². The number of hydrogen-bond donors (Lipinski definition) is 2. The van der Waals surface area contributed by atoms with Crippen LogP contribution in [0.1, 0.15) is 61.0 Å². The average Bonchev–Trinajstić information content (AvgIpc) is 3.77. The Kier molecular flexibility index (Phi) is 12.9. The Morgan fingerprint density at radius 1 is 1.02 bits per heavy atom. The van der Waals surface area contributed by atoms with Gasteiger partial charge >= 0.3 is 0 Å². The Bertz CT molecular complexity index is 2730. The summed E-state index contributed by atoms with van der Waals surface area (Å²) in [7, 11) is -4.63. The second-order valence-electron chi connectivity index (χ2n) is 18.3. The van der Waals surface area contributed by atoms with E-state index in [1.807, 2.05) is 18.2 Å². The summed E-state index contributed by atoms with van der Waals surface area (Å²) in [6.45, 7) is 12.7. The summed E-state index contributed by atoms with van der Waals surface area (Å²) in [6, 6.07) is 19.2. The first-order valence-corrected chi connectivity index (χ1v) is 24.1. The third-order valence-electron chi connectivity index (χ3n) is 13.2. The second kappa shape index (κ2) is 18.8. The van der Waals surface area contributed by atoms with Gasteiger partial charge in [-0.3, -0.25) is 24.7 Å². The van der Waals surface area contributed by atoms with Crippen LogP contribution in [0.4, 0.5) is 11.4 Å². The number of fused-ring (bicyclic) bond motifs is 2. The number of amides is 1. The Balaban J connectivity index is 0.928. The highest BCUT2D eigenvalue weighted by Crippen LogP contribution is 2.44. The molecular weight excluding hydrogens is 870 g/mol. The number of aromatic amines is 1. The number of sulfonamides is 1. The molecule has 2 fully saturated rings. The standard InChI is InChI=1S/C48H54ClN7O8S/c1-48(2)12-9-35(42(28-48)33-3-5-36(49)6-4-33)30-54-15-17-55(18-16-54)37-7-8-40(45(25-37)64-38-24-34-10-13-50-46(34)51-29-38)47(57)52-65(60,61)39-26-43(56(58)59)41-23-32(31-63-44(41)27-39)11-14-53-19-21-62-22-20-53/h3-8,10,13,24-27,29,32H,9,11-12,14-23,28,30-31H2,1-2H3,(H,50,51)(H,52,57)/t32-/m0/s1. The molecule has 65 heavy (non-hydrogen) atoms. The number of halogens is 1. The van der Waals surface area contributed by atoms with E-state index in [-0.39, 0.29) is 40.7 Å². The fraction of sp³-hybridized carbons (Fsp3) is 0.417. The van der Waals surface area contributed by atoms with Crippen molar-refractivity contribution in [1.82, 2.24) is 24.5 Å². The number of nitrogens with zero attached hydrogens (tertiary/aromatic N) is 5. The van der Waals surface area contributed by atoms with Crippen molar-refractivity contribution < 1.29 is 32.3 Å². The van der Waals surface area contributed by atoms with E-state index >= 15 is 0 Å². The van der Waals surface area contributed by atoms with Gasteiger partial charge in [-0.25, -0.2) is 18.1 Å². The van der Waals surface area contributed by atoms with Crippen LogP contribution < -0.4 is 19.1 Å². The molecule has 4 aliphatic rings. The van der Waals surface area contributed by atoms with Gasteiger partial charge in [-0.2, -0.15) is 0 Å². The van der Waals surface area contributed by atoms with Crippen LogP contribution in [-0.4, -0.2) is 111 Å². The van der Waals surface area contributed by atoms with Crippen molar-refractivity contribution >= 4 is 55.5 Å². The van der Waals surface area contributed by atoms with Gasteiger partial charge in [-0.15, -0.1) is 0 Å². The van der Waals surface area contributed by atoms with E-state index in [2.05, 4.69) is 55.4 Å². The monoisotopic (exact) mass is 923 g/mol. The summed E-state index contributed by atoms with van der Waals surface area (Å²) in [4.78, 5) is 39.9. The van der Waals surface area contributed by atoms with E-state index in [1.165, 1.54) is 29.0 Å². The van der Waals surface area contributed by atoms with Crippen LogP contribution in [-0.2, 0) is 21.2 Å². The molecule has 15 nitrogen and oxygen atoms in total. The lowest BCUT2D eigenvalue weighted by Crippen LogP contribution is -2.47. The molecule has 2 aromatic heterocycles. The zero-order chi connectivity index (χ0) is 45.3. The molecule has 1 amide bonds. The number of morpholine rings is 1. The van der Waals surface area contributed by atoms with Crippen molar-refractivity contribution in [2.45, 2.75) is 50.8 Å². The zero-order valence-electron chi connectivity index (χ0n) is 36.7. The average molecular weight is 925 g/mol. The molecule has 3 aliphatic heterocycles. The van der Waals surface area contributed by atoms with Crippen molar-refractivity contribution in [3.8, 4) is 17.2 Å². The van der Waals surface area contributed by atoms with Crippen LogP contribution in [0.2, 0.25) is 5.02 Å². The molecule has 2 N–H and O–H groups in total. The number of nitro groups is 1. The summed E-state index contributed by atoms with van der Waals surface area (Å²) in [5.41, 5.74) is 5.73. The van der Waals surface area contributed by atoms with Gasteiger partial charge in [0.1, 0.15) is 22.9 Å². The number of nitrogens with one attached hydrogen (secondary N) is 2. The molecule has 0 unspecified atom stereocenters. The minimum atomic E-state index is -4.63. The molecule has 1 atom stereocenters. The summed E-state index contributed by atoms with van der Waals surface area (Å²) in [6.07, 6.45) is 7.62. The number of H-pyrrole nitrogens is 1. The molecule has 5 heterocycles. The smallest absolute Gasteiger partial charge is 0.277 e. The predicted octanol–water partition coefficient (Wildman–Crippen LogP) is 8.09. The minimum absolute atomic E-state index is 0.0191. The summed E-state index contributed by atoms with van der Waals surface area (Å²) >= 11 is 6.25. The highest BCUT2D eigenvalue weighted by Gasteiger charge is 2.33. The fourth-order valence-electron chi connectivity index (χ4n) is 9.40. The van der Waals surface area contributed by atoms with Gasteiger partial charge in [-0.05, 0) is 97.5 Å². The number of rotatable bonds is 13. The highest BCUT2D eigenvalue weighted by molar-refractivity contribution is 7.90. The molecule has 2 saturated heterocycles. The first kappa shape index (κ1) is 44.7. The van der Waals surface area contributed by atoms with E-state index in [1.54, 1.807) is 30.5 Å². The Morgan fingerprint density at radius 2 is 1.80 bits per heavy atom. The molecule has 0 radical (unpaired) electrons. The molecule has 0 saturated carbocycles. The first-order chi connectivity index (χ1) is 31.3. The highest BCUT2D eigenvalue weighted by atomic mass is 35.5. The molecule has 17 heteroatoms. The SMILES string of the molecule is CC1(C)CCC(CN2CCN(c3ccc(C(=O)NS(=O)(=O)c4cc5c(c([N+](=O)[O-])c4)C[C@H](CCN4CCOCC4)CO5)c(Oc4cnc5[nH]ccc5c4)c3)CC2)=C(c2ccc(Cl)cc2)C1. The van der Waals surface area contributed by atoms with E-state index in [9.17, 15) is 23.3 Å². The summed E-state index contributed by atoms with van der Waals surface area (Å²) in [5, 5.41) is 13.9. The molecular formula is C48H54ClN7O8S. The van der Waals surface area contributed by atoms with Crippen molar-refractivity contribution in [3.05, 3.63) is 117 Å². The van der Waals surface area contributed by atoms with Crippen LogP contribution in [0.25, 0.3) is 16.6 Å². The molecule has 342 valence electrons. The summed E-state index contributed by atoms with van der Waals surface area (Å²) in [5.74, 6) is -0.346. The van der Waals surface area contributed by atoms with Crippen molar-refractivity contribution in [2.24, 2.45) is 11.3 Å². The lowest BCUT2D eigenvalue weighted by atomic mass is 9.72. The molecule has 1 aliphatic carbocycles. The van der Waals surface area contributed by atoms with Gasteiger partial charge in [0.05, 0.1) is 47.0 Å². The minimum Gasteiger partial charge on any atom is -0.493 e. The third kappa shape index (κ3) is 10.3. The summed E-state index contributed by atoms with van der Waals surface area (Å²) < 4.78 is 47.8. The van der Waals surface area contributed by atoms with Crippen LogP contribution in [0.5, 0.6) is 17.2 Å². The number of aromatic nitrogens is 2. The van der Waals surface area contributed by atoms with Crippen LogP contribution in [0.3, 0.4) is 0 Å². The lowest BCUT2D eigenvalue weighted by molar-refractivity contribution is -0.386. The Hall–Kier alpha value is -5.52. The van der Waals surface area contributed by atoms with Crippen LogP contribution in [0.15, 0.2) is 89.6 Å². The number of pyridine rings is 1. The normalized spacial score (nSPS) is 19.4. The van der Waals surface area contributed by atoms with Gasteiger partial charge in [0.15, 0.2) is 0 Å². The molecule has 3 aromatic carbocycles. The number of ether oxygens (including phenoxy) is 3. The van der Waals surface area contributed by atoms with Crippen molar-refractivity contribution in [3.63, 3.8) is 0 Å². The Labute approximate surface area is 383 Å². The zero-order valence-corrected chi connectivity index (χ0v) is 38.3. The molecule has 0 bridgehead atoms. The van der Waals surface area contributed by atoms with Crippen LogP contribution in [0, 0.1) is 21.4 Å². The molecule has 0 spiro atoms. The van der Waals surface area contributed by atoms with Gasteiger partial charge < -0.3 is 24.1 Å². The number of nitro benzene ring substituents is 1. The number of piperazine rings is 1.